The highest BCUT2D eigenvalue weighted by molar-refractivity contribution is 14.1. The SMILES string of the molecule is COc1ccc(I)c(CC2(C(=O)OC(C)(C)C)Cc3cc(OC)ccc3N2)c1. The average molecular weight is 495 g/mol. The molecule has 0 aliphatic carbocycles. The first-order chi connectivity index (χ1) is 13.2. The van der Waals surface area contributed by atoms with Gasteiger partial charge in [-0.15, -0.1) is 0 Å². The number of nitrogens with one attached hydrogen (secondary N) is 1. The van der Waals surface area contributed by atoms with E-state index in [1.54, 1.807) is 14.2 Å². The second-order valence-electron chi connectivity index (χ2n) is 8.04. The van der Waals surface area contributed by atoms with Crippen molar-refractivity contribution in [3.8, 4) is 11.5 Å². The Kier molecular flexibility index (Phi) is 5.79. The number of rotatable bonds is 5. The van der Waals surface area contributed by atoms with E-state index in [9.17, 15) is 4.79 Å². The standard InChI is InChI=1S/C22H26INO4/c1-21(2,3)28-20(25)22(12-14-10-16(26-4)6-8-18(14)23)13-15-11-17(27-5)7-9-19(15)24-22/h6-11,24H,12-13H2,1-5H3. The maximum Gasteiger partial charge on any atom is 0.332 e. The Hall–Kier alpha value is -1.96. The number of hydrogen-bond donors (Lipinski definition) is 1. The molecule has 2 aromatic carbocycles. The lowest BCUT2D eigenvalue weighted by atomic mass is 9.87. The maximum atomic E-state index is 13.3. The zero-order valence-corrected chi connectivity index (χ0v) is 19.0. The first kappa shape index (κ1) is 20.8. The summed E-state index contributed by atoms with van der Waals surface area (Å²) in [4.78, 5) is 13.3. The Bertz CT molecular complexity index is 891. The molecule has 1 aliphatic rings. The molecule has 0 saturated carbocycles. The van der Waals surface area contributed by atoms with Crippen LogP contribution in [0.4, 0.5) is 5.69 Å². The number of carbonyl (C=O) groups excluding carboxylic acids is 1. The summed E-state index contributed by atoms with van der Waals surface area (Å²) in [7, 11) is 3.29. The summed E-state index contributed by atoms with van der Waals surface area (Å²) in [6.45, 7) is 5.66. The van der Waals surface area contributed by atoms with E-state index in [4.69, 9.17) is 14.2 Å². The van der Waals surface area contributed by atoms with Crippen molar-refractivity contribution in [2.75, 3.05) is 19.5 Å². The van der Waals surface area contributed by atoms with Gasteiger partial charge in [-0.2, -0.15) is 0 Å². The van der Waals surface area contributed by atoms with E-state index in [1.165, 1.54) is 0 Å². The van der Waals surface area contributed by atoms with Gasteiger partial charge in [-0.25, -0.2) is 4.79 Å². The molecule has 0 fully saturated rings. The fourth-order valence-electron chi connectivity index (χ4n) is 3.41. The number of hydrogen-bond acceptors (Lipinski definition) is 5. The third-order valence-electron chi connectivity index (χ3n) is 4.71. The third kappa shape index (κ3) is 4.37. The van der Waals surface area contributed by atoms with Gasteiger partial charge in [0.2, 0.25) is 0 Å². The number of methoxy groups -OCH3 is 2. The maximum absolute atomic E-state index is 13.3. The molecule has 1 unspecified atom stereocenters. The molecule has 0 bridgehead atoms. The van der Waals surface area contributed by atoms with Crippen LogP contribution in [-0.4, -0.2) is 31.3 Å². The summed E-state index contributed by atoms with van der Waals surface area (Å²) in [6.07, 6.45) is 1.02. The normalized spacial score (nSPS) is 18.2. The highest BCUT2D eigenvalue weighted by Crippen LogP contribution is 2.39. The van der Waals surface area contributed by atoms with E-state index in [-0.39, 0.29) is 5.97 Å². The molecular formula is C22H26INO4. The Balaban J connectivity index is 2.01. The summed E-state index contributed by atoms with van der Waals surface area (Å²) in [5, 5.41) is 3.46. The summed E-state index contributed by atoms with van der Waals surface area (Å²) < 4.78 is 17.6. The molecular weight excluding hydrogens is 469 g/mol. The predicted molar refractivity (Wildman–Crippen MR) is 118 cm³/mol. The number of benzene rings is 2. The number of esters is 1. The molecule has 150 valence electrons. The van der Waals surface area contributed by atoms with Crippen molar-refractivity contribution >= 4 is 34.2 Å². The van der Waals surface area contributed by atoms with Gasteiger partial charge in [0.1, 0.15) is 22.6 Å². The van der Waals surface area contributed by atoms with Gasteiger partial charge in [0, 0.05) is 22.1 Å². The molecule has 1 atom stereocenters. The van der Waals surface area contributed by atoms with Gasteiger partial charge in [-0.1, -0.05) is 0 Å². The highest BCUT2D eigenvalue weighted by atomic mass is 127. The third-order valence-corrected chi connectivity index (χ3v) is 5.77. The summed E-state index contributed by atoms with van der Waals surface area (Å²) in [5.74, 6) is 1.29. The van der Waals surface area contributed by atoms with Crippen molar-refractivity contribution in [3.05, 3.63) is 51.1 Å². The van der Waals surface area contributed by atoms with Crippen molar-refractivity contribution in [2.24, 2.45) is 0 Å². The van der Waals surface area contributed by atoms with Crippen LogP contribution in [0, 0.1) is 3.57 Å². The van der Waals surface area contributed by atoms with E-state index in [0.717, 1.165) is 31.9 Å². The predicted octanol–water partition coefficient (Wildman–Crippen LogP) is 4.60. The van der Waals surface area contributed by atoms with Crippen LogP contribution in [0.1, 0.15) is 31.9 Å². The monoisotopic (exact) mass is 495 g/mol. The Labute approximate surface area is 179 Å². The van der Waals surface area contributed by atoms with Gasteiger partial charge in [-0.05, 0) is 90.9 Å². The van der Waals surface area contributed by atoms with Gasteiger partial charge in [0.25, 0.3) is 0 Å². The lowest BCUT2D eigenvalue weighted by Gasteiger charge is -2.32. The van der Waals surface area contributed by atoms with E-state index in [2.05, 4.69) is 27.9 Å². The summed E-state index contributed by atoms with van der Waals surface area (Å²) >= 11 is 2.29. The quantitative estimate of drug-likeness (QED) is 0.486. The second kappa shape index (κ2) is 7.81. The molecule has 0 radical (unpaired) electrons. The minimum absolute atomic E-state index is 0.256. The Morgan fingerprint density at radius 1 is 1.11 bits per heavy atom. The van der Waals surface area contributed by atoms with Gasteiger partial charge < -0.3 is 19.5 Å². The van der Waals surface area contributed by atoms with Crippen molar-refractivity contribution in [1.29, 1.82) is 0 Å². The van der Waals surface area contributed by atoms with Crippen LogP contribution in [0.25, 0.3) is 0 Å². The van der Waals surface area contributed by atoms with Crippen LogP contribution in [-0.2, 0) is 22.4 Å². The van der Waals surface area contributed by atoms with Crippen molar-refractivity contribution < 1.29 is 19.0 Å². The molecule has 0 aromatic heterocycles. The lowest BCUT2D eigenvalue weighted by Crippen LogP contribution is -2.50. The molecule has 0 amide bonds. The zero-order chi connectivity index (χ0) is 20.5. The van der Waals surface area contributed by atoms with Crippen LogP contribution < -0.4 is 14.8 Å². The topological polar surface area (TPSA) is 56.8 Å². The molecule has 1 heterocycles. The Morgan fingerprint density at radius 3 is 2.39 bits per heavy atom. The molecule has 28 heavy (non-hydrogen) atoms. The van der Waals surface area contributed by atoms with Gasteiger partial charge in [0.05, 0.1) is 14.2 Å². The van der Waals surface area contributed by atoms with Gasteiger partial charge in [0.15, 0.2) is 0 Å². The number of anilines is 1. The molecule has 2 aromatic rings. The molecule has 6 heteroatoms. The first-order valence-corrected chi connectivity index (χ1v) is 10.2. The van der Waals surface area contributed by atoms with E-state index < -0.39 is 11.1 Å². The van der Waals surface area contributed by atoms with E-state index >= 15 is 0 Å². The first-order valence-electron chi connectivity index (χ1n) is 9.17. The average Bonchev–Trinajstić information content (AvgIpc) is 3.00. The van der Waals surface area contributed by atoms with Crippen LogP contribution in [0.3, 0.4) is 0 Å². The molecule has 1 aliphatic heterocycles. The summed E-state index contributed by atoms with van der Waals surface area (Å²) in [6, 6.07) is 11.7. The zero-order valence-electron chi connectivity index (χ0n) is 16.9. The minimum atomic E-state index is -0.881. The van der Waals surface area contributed by atoms with Crippen LogP contribution in [0.5, 0.6) is 11.5 Å². The highest BCUT2D eigenvalue weighted by Gasteiger charge is 2.46. The molecule has 0 spiro atoms. The molecule has 1 N–H and O–H groups in total. The van der Waals surface area contributed by atoms with Crippen molar-refractivity contribution in [2.45, 2.75) is 44.8 Å². The molecule has 0 saturated heterocycles. The van der Waals surface area contributed by atoms with Crippen LogP contribution in [0.15, 0.2) is 36.4 Å². The smallest absolute Gasteiger partial charge is 0.332 e. The van der Waals surface area contributed by atoms with E-state index in [1.807, 2.05) is 57.2 Å². The molecule has 5 nitrogen and oxygen atoms in total. The minimum Gasteiger partial charge on any atom is -0.497 e. The van der Waals surface area contributed by atoms with E-state index in [0.29, 0.717) is 12.8 Å². The Morgan fingerprint density at radius 2 is 1.75 bits per heavy atom. The lowest BCUT2D eigenvalue weighted by molar-refractivity contribution is -0.160. The number of halogens is 1. The van der Waals surface area contributed by atoms with Crippen LogP contribution >= 0.6 is 22.6 Å². The number of ether oxygens (including phenoxy) is 3. The van der Waals surface area contributed by atoms with Crippen molar-refractivity contribution in [3.63, 3.8) is 0 Å². The number of carbonyl (C=O) groups is 1. The summed E-state index contributed by atoms with van der Waals surface area (Å²) in [5.41, 5.74) is 1.57. The second-order valence-corrected chi connectivity index (χ2v) is 9.21. The largest absolute Gasteiger partial charge is 0.497 e. The number of fused-ring (bicyclic) bond motifs is 1. The molecule has 3 rings (SSSR count). The van der Waals surface area contributed by atoms with Crippen LogP contribution in [0.2, 0.25) is 0 Å². The fourth-order valence-corrected chi connectivity index (χ4v) is 3.94. The van der Waals surface area contributed by atoms with Gasteiger partial charge >= 0.3 is 5.97 Å². The van der Waals surface area contributed by atoms with Crippen molar-refractivity contribution in [1.82, 2.24) is 0 Å². The van der Waals surface area contributed by atoms with Gasteiger partial charge in [-0.3, -0.25) is 0 Å². The fraction of sp³-hybridized carbons (Fsp3) is 0.409.